The van der Waals surface area contributed by atoms with Crippen LogP contribution in [0.15, 0.2) is 34.9 Å². The van der Waals surface area contributed by atoms with Crippen LogP contribution in [-0.2, 0) is 13.5 Å². The maximum absolute atomic E-state index is 10.8. The summed E-state index contributed by atoms with van der Waals surface area (Å²) in [6.07, 6.45) is 3.35. The van der Waals surface area contributed by atoms with Gasteiger partial charge in [0.1, 0.15) is 5.75 Å². The molecular weight excluding hydrogens is 296 g/mol. The van der Waals surface area contributed by atoms with Gasteiger partial charge >= 0.3 is 0 Å². The van der Waals surface area contributed by atoms with Gasteiger partial charge in [-0.25, -0.2) is 0 Å². The zero-order chi connectivity index (χ0) is 13.0. The minimum absolute atomic E-state index is 0.555. The molecule has 2 aromatic rings. The van der Waals surface area contributed by atoms with Gasteiger partial charge in [-0.2, -0.15) is 5.10 Å². The molecule has 1 aromatic carbocycles. The van der Waals surface area contributed by atoms with E-state index in [-0.39, 0.29) is 0 Å². The van der Waals surface area contributed by atoms with E-state index in [1.165, 1.54) is 0 Å². The predicted molar refractivity (Wildman–Crippen MR) is 71.9 cm³/mol. The Kier molecular flexibility index (Phi) is 4.15. The largest absolute Gasteiger partial charge is 0.493 e. The van der Waals surface area contributed by atoms with Gasteiger partial charge in [0.2, 0.25) is 0 Å². The van der Waals surface area contributed by atoms with Crippen LogP contribution in [0.25, 0.3) is 0 Å². The van der Waals surface area contributed by atoms with Crippen molar-refractivity contribution in [3.63, 3.8) is 0 Å². The molecule has 4 nitrogen and oxygen atoms in total. The van der Waals surface area contributed by atoms with E-state index < -0.39 is 0 Å². The summed E-state index contributed by atoms with van der Waals surface area (Å²) >= 11 is 3.30. The zero-order valence-electron chi connectivity index (χ0n) is 9.97. The molecular formula is C13H13BrN2O2. The van der Waals surface area contributed by atoms with E-state index in [2.05, 4.69) is 21.0 Å². The van der Waals surface area contributed by atoms with Crippen LogP contribution < -0.4 is 4.74 Å². The summed E-state index contributed by atoms with van der Waals surface area (Å²) in [4.78, 5) is 10.8. The molecule has 0 aliphatic carbocycles. The van der Waals surface area contributed by atoms with Crippen LogP contribution in [0.2, 0.25) is 0 Å². The van der Waals surface area contributed by atoms with E-state index in [0.29, 0.717) is 17.9 Å². The number of rotatable bonds is 5. The summed E-state index contributed by atoms with van der Waals surface area (Å²) < 4.78 is 8.21. The topological polar surface area (TPSA) is 44.1 Å². The molecule has 1 heterocycles. The molecule has 0 fully saturated rings. The molecule has 0 spiro atoms. The molecule has 0 atom stereocenters. The van der Waals surface area contributed by atoms with Crippen molar-refractivity contribution in [3.05, 3.63) is 46.2 Å². The highest BCUT2D eigenvalue weighted by atomic mass is 79.9. The molecule has 0 amide bonds. The maximum atomic E-state index is 10.8. The van der Waals surface area contributed by atoms with Crippen LogP contribution >= 0.6 is 15.9 Å². The van der Waals surface area contributed by atoms with Crippen LogP contribution in [0.3, 0.4) is 0 Å². The Morgan fingerprint density at radius 2 is 2.28 bits per heavy atom. The fourth-order valence-electron chi connectivity index (χ4n) is 1.62. The number of nitrogens with zero attached hydrogens (tertiary/aromatic N) is 2. The third-order valence-electron chi connectivity index (χ3n) is 2.64. The molecule has 5 heteroatoms. The Balaban J connectivity index is 1.94. The Morgan fingerprint density at radius 3 is 2.94 bits per heavy atom. The number of ether oxygens (including phenoxy) is 1. The van der Waals surface area contributed by atoms with E-state index >= 15 is 0 Å². The Bertz CT molecular complexity index is 552. The SMILES string of the molecule is Cn1nccc1CCOc1ccc(Br)c(C=O)c1. The monoisotopic (exact) mass is 308 g/mol. The molecule has 0 aliphatic heterocycles. The molecule has 0 aliphatic rings. The highest BCUT2D eigenvalue weighted by Crippen LogP contribution is 2.21. The second kappa shape index (κ2) is 5.82. The van der Waals surface area contributed by atoms with Crippen molar-refractivity contribution >= 4 is 22.2 Å². The summed E-state index contributed by atoms with van der Waals surface area (Å²) in [5, 5.41) is 4.09. The average Bonchev–Trinajstić information content (AvgIpc) is 2.77. The molecule has 94 valence electrons. The van der Waals surface area contributed by atoms with Gasteiger partial charge in [0, 0.05) is 35.4 Å². The first-order valence-corrected chi connectivity index (χ1v) is 6.34. The van der Waals surface area contributed by atoms with E-state index in [0.717, 1.165) is 22.9 Å². The van der Waals surface area contributed by atoms with Gasteiger partial charge in [-0.15, -0.1) is 0 Å². The van der Waals surface area contributed by atoms with Crippen molar-refractivity contribution in [1.82, 2.24) is 9.78 Å². The van der Waals surface area contributed by atoms with Gasteiger partial charge in [-0.05, 0) is 24.3 Å². The second-order valence-corrected chi connectivity index (χ2v) is 4.70. The molecule has 0 bridgehead atoms. The van der Waals surface area contributed by atoms with Crippen LogP contribution in [0, 0.1) is 0 Å². The van der Waals surface area contributed by atoms with Crippen LogP contribution in [0.4, 0.5) is 0 Å². The van der Waals surface area contributed by atoms with Crippen molar-refractivity contribution in [3.8, 4) is 5.75 Å². The molecule has 1 aromatic heterocycles. The lowest BCUT2D eigenvalue weighted by atomic mass is 10.2. The molecule has 0 saturated carbocycles. The number of halogens is 1. The summed E-state index contributed by atoms with van der Waals surface area (Å²) in [5.41, 5.74) is 1.70. The zero-order valence-corrected chi connectivity index (χ0v) is 11.6. The number of aldehydes is 1. The van der Waals surface area contributed by atoms with Gasteiger partial charge in [-0.3, -0.25) is 9.48 Å². The lowest BCUT2D eigenvalue weighted by Crippen LogP contribution is -2.06. The lowest BCUT2D eigenvalue weighted by molar-refractivity contribution is 0.112. The van der Waals surface area contributed by atoms with Gasteiger partial charge in [0.15, 0.2) is 6.29 Å². The van der Waals surface area contributed by atoms with Crippen molar-refractivity contribution in [2.75, 3.05) is 6.61 Å². The smallest absolute Gasteiger partial charge is 0.151 e. The van der Waals surface area contributed by atoms with Gasteiger partial charge in [0.25, 0.3) is 0 Å². The van der Waals surface area contributed by atoms with Crippen LogP contribution in [-0.4, -0.2) is 22.7 Å². The quantitative estimate of drug-likeness (QED) is 0.798. The number of hydrogen-bond acceptors (Lipinski definition) is 3. The maximum Gasteiger partial charge on any atom is 0.151 e. The fraction of sp³-hybridized carbons (Fsp3) is 0.231. The van der Waals surface area contributed by atoms with Crippen molar-refractivity contribution in [1.29, 1.82) is 0 Å². The first-order chi connectivity index (χ1) is 8.70. The Morgan fingerprint density at radius 1 is 1.44 bits per heavy atom. The molecule has 0 N–H and O–H groups in total. The van der Waals surface area contributed by atoms with Gasteiger partial charge in [-0.1, -0.05) is 15.9 Å². The third-order valence-corrected chi connectivity index (χ3v) is 3.37. The van der Waals surface area contributed by atoms with Crippen molar-refractivity contribution in [2.24, 2.45) is 7.05 Å². The van der Waals surface area contributed by atoms with Gasteiger partial charge in [0.05, 0.1) is 6.61 Å². The number of carbonyl (C=O) groups excluding carboxylic acids is 1. The van der Waals surface area contributed by atoms with E-state index in [9.17, 15) is 4.79 Å². The predicted octanol–water partition coefficient (Wildman–Crippen LogP) is 2.62. The van der Waals surface area contributed by atoms with Crippen LogP contribution in [0.5, 0.6) is 5.75 Å². The van der Waals surface area contributed by atoms with Crippen LogP contribution in [0.1, 0.15) is 16.1 Å². The Hall–Kier alpha value is -1.62. The number of aryl methyl sites for hydroxylation is 1. The minimum atomic E-state index is 0.555. The molecule has 0 radical (unpaired) electrons. The number of aromatic nitrogens is 2. The van der Waals surface area contributed by atoms with E-state index in [1.807, 2.05) is 29.9 Å². The minimum Gasteiger partial charge on any atom is -0.493 e. The molecule has 0 unspecified atom stereocenters. The fourth-order valence-corrected chi connectivity index (χ4v) is 1.96. The number of carbonyl (C=O) groups is 1. The Labute approximate surface area is 114 Å². The van der Waals surface area contributed by atoms with E-state index in [4.69, 9.17) is 4.74 Å². The highest BCUT2D eigenvalue weighted by Gasteiger charge is 2.03. The van der Waals surface area contributed by atoms with Crippen molar-refractivity contribution < 1.29 is 9.53 Å². The number of hydrogen-bond donors (Lipinski definition) is 0. The highest BCUT2D eigenvalue weighted by molar-refractivity contribution is 9.10. The molecule has 2 rings (SSSR count). The van der Waals surface area contributed by atoms with Gasteiger partial charge < -0.3 is 4.74 Å². The summed E-state index contributed by atoms with van der Waals surface area (Å²) in [6.45, 7) is 0.555. The summed E-state index contributed by atoms with van der Waals surface area (Å²) in [5.74, 6) is 0.697. The molecule has 0 saturated heterocycles. The van der Waals surface area contributed by atoms with Crippen molar-refractivity contribution in [2.45, 2.75) is 6.42 Å². The lowest BCUT2D eigenvalue weighted by Gasteiger charge is -2.07. The number of benzene rings is 1. The average molecular weight is 309 g/mol. The standard InChI is InChI=1S/C13H13BrN2O2/c1-16-11(4-6-15-16)5-7-18-12-2-3-13(14)10(8-12)9-17/h2-4,6,8-9H,5,7H2,1H3. The van der Waals surface area contributed by atoms with E-state index in [1.54, 1.807) is 12.3 Å². The molecule has 18 heavy (non-hydrogen) atoms. The summed E-state index contributed by atoms with van der Waals surface area (Å²) in [6, 6.07) is 7.32. The summed E-state index contributed by atoms with van der Waals surface area (Å²) in [7, 11) is 1.90. The second-order valence-electron chi connectivity index (χ2n) is 3.85. The third kappa shape index (κ3) is 2.98. The first kappa shape index (κ1) is 12.8. The first-order valence-electron chi connectivity index (χ1n) is 5.55. The normalized spacial score (nSPS) is 10.3.